The van der Waals surface area contributed by atoms with E-state index in [4.69, 9.17) is 11.6 Å². The minimum absolute atomic E-state index is 0.0884. The number of anilines is 2. The van der Waals surface area contributed by atoms with Crippen molar-refractivity contribution in [3.05, 3.63) is 67.7 Å². The lowest BCUT2D eigenvalue weighted by Crippen LogP contribution is -2.10. The fourth-order valence-electron chi connectivity index (χ4n) is 1.59. The third-order valence-corrected chi connectivity index (χ3v) is 2.92. The number of nitrogens with one attached hydrogen (secondary N) is 2. The van der Waals surface area contributed by atoms with E-state index >= 15 is 0 Å². The molecule has 2 N–H and O–H groups in total. The van der Waals surface area contributed by atoms with Gasteiger partial charge in [-0.2, -0.15) is 0 Å². The second kappa shape index (κ2) is 6.06. The van der Waals surface area contributed by atoms with Crippen LogP contribution in [0.2, 0.25) is 5.02 Å². The molecular formula is C12H9ClN4O4. The molecule has 9 heteroatoms. The van der Waals surface area contributed by atoms with Crippen LogP contribution in [0, 0.1) is 20.2 Å². The van der Waals surface area contributed by atoms with E-state index in [9.17, 15) is 20.2 Å². The summed E-state index contributed by atoms with van der Waals surface area (Å²) in [4.78, 5) is 20.2. The van der Waals surface area contributed by atoms with Crippen LogP contribution in [-0.2, 0) is 0 Å². The van der Waals surface area contributed by atoms with Gasteiger partial charge in [0.15, 0.2) is 0 Å². The molecule has 0 saturated heterocycles. The molecule has 0 saturated carbocycles. The molecule has 0 aliphatic rings. The fourth-order valence-corrected chi connectivity index (χ4v) is 1.77. The summed E-state index contributed by atoms with van der Waals surface area (Å²) in [6.07, 6.45) is 0. The summed E-state index contributed by atoms with van der Waals surface area (Å²) in [7, 11) is 0. The standard InChI is InChI=1S/C12H9ClN4O4/c13-9-3-1-2-4-10(9)14-15-11-6-5-8(16(18)19)7-12(11)17(20)21/h1-7,14-15H. The predicted molar refractivity (Wildman–Crippen MR) is 78.4 cm³/mol. The van der Waals surface area contributed by atoms with Gasteiger partial charge >= 0.3 is 5.69 Å². The van der Waals surface area contributed by atoms with Gasteiger partial charge in [0.25, 0.3) is 5.69 Å². The van der Waals surface area contributed by atoms with Crippen LogP contribution in [0.25, 0.3) is 0 Å². The van der Waals surface area contributed by atoms with Crippen molar-refractivity contribution in [3.8, 4) is 0 Å². The van der Waals surface area contributed by atoms with Gasteiger partial charge in [0.1, 0.15) is 5.69 Å². The quantitative estimate of drug-likeness (QED) is 0.645. The SMILES string of the molecule is O=[N+]([O-])c1ccc(NNc2ccccc2Cl)c([N+](=O)[O-])c1. The van der Waals surface area contributed by atoms with E-state index in [1.54, 1.807) is 24.3 Å². The molecule has 0 unspecified atom stereocenters. The molecule has 0 amide bonds. The maximum Gasteiger partial charge on any atom is 0.300 e. The van der Waals surface area contributed by atoms with Crippen LogP contribution in [0.15, 0.2) is 42.5 Å². The zero-order valence-electron chi connectivity index (χ0n) is 10.4. The van der Waals surface area contributed by atoms with Crippen molar-refractivity contribution in [1.82, 2.24) is 0 Å². The molecule has 0 bridgehead atoms. The molecule has 0 fully saturated rings. The topological polar surface area (TPSA) is 110 Å². The molecule has 0 spiro atoms. The first-order valence-electron chi connectivity index (χ1n) is 5.68. The number of rotatable bonds is 5. The Labute approximate surface area is 123 Å². The predicted octanol–water partition coefficient (Wildman–Crippen LogP) is 3.60. The molecule has 0 aromatic heterocycles. The largest absolute Gasteiger partial charge is 0.300 e. The van der Waals surface area contributed by atoms with E-state index in [-0.39, 0.29) is 11.4 Å². The molecule has 2 rings (SSSR count). The summed E-state index contributed by atoms with van der Waals surface area (Å²) >= 11 is 5.93. The molecule has 2 aromatic rings. The fraction of sp³-hybridized carbons (Fsp3) is 0. The minimum atomic E-state index is -0.705. The number of para-hydroxylation sites is 1. The van der Waals surface area contributed by atoms with Crippen LogP contribution in [0.4, 0.5) is 22.7 Å². The van der Waals surface area contributed by atoms with Gasteiger partial charge < -0.3 is 0 Å². The van der Waals surface area contributed by atoms with Crippen LogP contribution >= 0.6 is 11.6 Å². The lowest BCUT2D eigenvalue weighted by atomic mass is 10.2. The van der Waals surface area contributed by atoms with Gasteiger partial charge in [0, 0.05) is 6.07 Å². The molecule has 0 aliphatic heterocycles. The number of nitro groups is 2. The number of hydrogen-bond acceptors (Lipinski definition) is 6. The summed E-state index contributed by atoms with van der Waals surface area (Å²) in [6.45, 7) is 0. The maximum atomic E-state index is 11.0. The van der Waals surface area contributed by atoms with Crippen molar-refractivity contribution < 1.29 is 9.85 Å². The van der Waals surface area contributed by atoms with Crippen LogP contribution < -0.4 is 10.9 Å². The van der Waals surface area contributed by atoms with Gasteiger partial charge in [-0.15, -0.1) is 0 Å². The zero-order valence-corrected chi connectivity index (χ0v) is 11.2. The van der Waals surface area contributed by atoms with Crippen molar-refractivity contribution in [1.29, 1.82) is 0 Å². The Morgan fingerprint density at radius 1 is 0.905 bits per heavy atom. The van der Waals surface area contributed by atoms with E-state index < -0.39 is 15.5 Å². The summed E-state index contributed by atoms with van der Waals surface area (Å²) < 4.78 is 0. The number of benzene rings is 2. The van der Waals surface area contributed by atoms with E-state index in [1.165, 1.54) is 12.1 Å². The first-order chi connectivity index (χ1) is 9.99. The molecular weight excluding hydrogens is 300 g/mol. The third-order valence-electron chi connectivity index (χ3n) is 2.59. The Morgan fingerprint density at radius 2 is 1.57 bits per heavy atom. The Kier molecular flexibility index (Phi) is 4.19. The molecule has 21 heavy (non-hydrogen) atoms. The van der Waals surface area contributed by atoms with Crippen LogP contribution in [0.3, 0.4) is 0 Å². The van der Waals surface area contributed by atoms with E-state index in [0.717, 1.165) is 6.07 Å². The third kappa shape index (κ3) is 3.37. The minimum Gasteiger partial charge on any atom is -0.299 e. The highest BCUT2D eigenvalue weighted by molar-refractivity contribution is 6.33. The van der Waals surface area contributed by atoms with E-state index in [0.29, 0.717) is 10.7 Å². The van der Waals surface area contributed by atoms with Gasteiger partial charge in [0.2, 0.25) is 0 Å². The van der Waals surface area contributed by atoms with Crippen molar-refractivity contribution in [3.63, 3.8) is 0 Å². The first-order valence-corrected chi connectivity index (χ1v) is 6.06. The molecule has 8 nitrogen and oxygen atoms in total. The average Bonchev–Trinajstić information content (AvgIpc) is 2.46. The summed E-state index contributed by atoms with van der Waals surface area (Å²) in [5.41, 5.74) is 5.18. The zero-order chi connectivity index (χ0) is 15.4. The van der Waals surface area contributed by atoms with Gasteiger partial charge in [-0.1, -0.05) is 23.7 Å². The molecule has 0 atom stereocenters. The highest BCUT2D eigenvalue weighted by Crippen LogP contribution is 2.29. The molecule has 0 radical (unpaired) electrons. The van der Waals surface area contributed by atoms with Gasteiger partial charge in [0.05, 0.1) is 26.6 Å². The second-order valence-electron chi connectivity index (χ2n) is 3.95. The Morgan fingerprint density at radius 3 is 2.19 bits per heavy atom. The van der Waals surface area contributed by atoms with Gasteiger partial charge in [-0.05, 0) is 18.2 Å². The molecule has 0 heterocycles. The monoisotopic (exact) mass is 308 g/mol. The Hall–Kier alpha value is -2.87. The van der Waals surface area contributed by atoms with Crippen molar-refractivity contribution in [2.45, 2.75) is 0 Å². The summed E-state index contributed by atoms with van der Waals surface area (Å²) in [5, 5.41) is 22.0. The van der Waals surface area contributed by atoms with Gasteiger partial charge in [-0.25, -0.2) is 0 Å². The average molecular weight is 309 g/mol. The number of hydrogen-bond donors (Lipinski definition) is 2. The molecule has 108 valence electrons. The molecule has 0 aliphatic carbocycles. The normalized spacial score (nSPS) is 9.95. The number of non-ortho nitro benzene ring substituents is 1. The first kappa shape index (κ1) is 14.5. The highest BCUT2D eigenvalue weighted by Gasteiger charge is 2.19. The van der Waals surface area contributed by atoms with Crippen LogP contribution in [-0.4, -0.2) is 9.85 Å². The van der Waals surface area contributed by atoms with Gasteiger partial charge in [-0.3, -0.25) is 31.1 Å². The van der Waals surface area contributed by atoms with E-state index in [1.807, 2.05) is 0 Å². The van der Waals surface area contributed by atoms with E-state index in [2.05, 4.69) is 10.9 Å². The summed E-state index contributed by atoms with van der Waals surface area (Å²) in [5.74, 6) is 0. The van der Waals surface area contributed by atoms with Crippen molar-refractivity contribution in [2.75, 3.05) is 10.9 Å². The number of nitrogens with zero attached hydrogens (tertiary/aromatic N) is 2. The summed E-state index contributed by atoms with van der Waals surface area (Å²) in [6, 6.07) is 10.1. The highest BCUT2D eigenvalue weighted by atomic mass is 35.5. The number of hydrazine groups is 1. The lowest BCUT2D eigenvalue weighted by molar-refractivity contribution is -0.393. The smallest absolute Gasteiger partial charge is 0.299 e. The number of halogens is 1. The van der Waals surface area contributed by atoms with Crippen molar-refractivity contribution in [2.24, 2.45) is 0 Å². The lowest BCUT2D eigenvalue weighted by Gasteiger charge is -2.11. The Balaban J connectivity index is 2.26. The Bertz CT molecular complexity index is 707. The van der Waals surface area contributed by atoms with Crippen molar-refractivity contribution >= 4 is 34.4 Å². The second-order valence-corrected chi connectivity index (χ2v) is 4.35. The number of nitro benzene ring substituents is 2. The van der Waals surface area contributed by atoms with Crippen LogP contribution in [0.1, 0.15) is 0 Å². The maximum absolute atomic E-state index is 11.0. The molecule has 2 aromatic carbocycles. The van der Waals surface area contributed by atoms with Crippen LogP contribution in [0.5, 0.6) is 0 Å².